The van der Waals surface area contributed by atoms with Crippen LogP contribution in [0.2, 0.25) is 5.02 Å². The average Bonchev–Trinajstić information content (AvgIpc) is 2.67. The van der Waals surface area contributed by atoms with E-state index in [1.54, 1.807) is 24.3 Å². The summed E-state index contributed by atoms with van der Waals surface area (Å²) in [5.74, 6) is -0.788. The molecule has 2 aromatic rings. The van der Waals surface area contributed by atoms with E-state index in [1.165, 1.54) is 19.2 Å². The third-order valence-electron chi connectivity index (χ3n) is 3.96. The molecule has 0 bridgehead atoms. The quantitative estimate of drug-likeness (QED) is 0.381. The van der Waals surface area contributed by atoms with Gasteiger partial charge in [0.05, 0.1) is 17.8 Å². The van der Waals surface area contributed by atoms with E-state index < -0.39 is 12.6 Å². The van der Waals surface area contributed by atoms with Crippen molar-refractivity contribution < 1.29 is 23.9 Å². The van der Waals surface area contributed by atoms with Crippen LogP contribution >= 0.6 is 11.6 Å². The van der Waals surface area contributed by atoms with Crippen LogP contribution in [0.5, 0.6) is 5.75 Å². The van der Waals surface area contributed by atoms with Crippen LogP contribution in [0.25, 0.3) is 0 Å². The molecule has 0 atom stereocenters. The highest BCUT2D eigenvalue weighted by atomic mass is 35.5. The maximum atomic E-state index is 12.3. The summed E-state index contributed by atoms with van der Waals surface area (Å²) < 4.78 is 10.2. The van der Waals surface area contributed by atoms with Gasteiger partial charge in [0.15, 0.2) is 12.4 Å². The third-order valence-corrected chi connectivity index (χ3v) is 4.28. The van der Waals surface area contributed by atoms with Gasteiger partial charge >= 0.3 is 5.97 Å². The molecule has 0 radical (unpaired) electrons. The van der Waals surface area contributed by atoms with E-state index in [-0.39, 0.29) is 39.6 Å². The first kappa shape index (κ1) is 22.2. The first-order valence-electron chi connectivity index (χ1n) is 8.94. The fourth-order valence-electron chi connectivity index (χ4n) is 2.51. The van der Waals surface area contributed by atoms with Gasteiger partial charge in [-0.25, -0.2) is 4.79 Å². The number of carbonyl (C=O) groups is 3. The van der Waals surface area contributed by atoms with Gasteiger partial charge in [-0.2, -0.15) is 0 Å². The van der Waals surface area contributed by atoms with Crippen molar-refractivity contribution in [1.82, 2.24) is 0 Å². The Labute approximate surface area is 174 Å². The number of nitrogens with one attached hydrogen (secondary N) is 1. The second-order valence-corrected chi connectivity index (χ2v) is 7.20. The molecule has 0 aliphatic rings. The Morgan fingerprint density at radius 3 is 2.38 bits per heavy atom. The Balaban J connectivity index is 1.98. The number of methoxy groups -OCH3 is 1. The summed E-state index contributed by atoms with van der Waals surface area (Å²) in [7, 11) is 1.38. The summed E-state index contributed by atoms with van der Waals surface area (Å²) in [6.45, 7) is 3.45. The Morgan fingerprint density at radius 2 is 1.79 bits per heavy atom. The van der Waals surface area contributed by atoms with Gasteiger partial charge in [-0.3, -0.25) is 9.59 Å². The molecule has 7 nitrogen and oxygen atoms in total. The van der Waals surface area contributed by atoms with Gasteiger partial charge in [0.1, 0.15) is 11.3 Å². The molecule has 0 fully saturated rings. The number of nitrogens with two attached hydrogens (primary N) is 1. The minimum Gasteiger partial charge on any atom is -0.496 e. The lowest BCUT2D eigenvalue weighted by Crippen LogP contribution is -2.16. The van der Waals surface area contributed by atoms with Crippen molar-refractivity contribution in [2.45, 2.75) is 20.3 Å². The summed E-state index contributed by atoms with van der Waals surface area (Å²) in [5, 5.41) is 2.94. The van der Waals surface area contributed by atoms with Crippen molar-refractivity contribution in [2.75, 3.05) is 24.8 Å². The minimum absolute atomic E-state index is 0.0720. The molecule has 0 aliphatic carbocycles. The Kier molecular flexibility index (Phi) is 7.61. The Morgan fingerprint density at radius 1 is 1.14 bits per heavy atom. The molecule has 0 saturated heterocycles. The molecule has 0 aliphatic heterocycles. The number of ether oxygens (including phenoxy) is 2. The van der Waals surface area contributed by atoms with Gasteiger partial charge in [0.2, 0.25) is 5.91 Å². The number of rotatable bonds is 8. The fourth-order valence-corrected chi connectivity index (χ4v) is 2.68. The van der Waals surface area contributed by atoms with Crippen molar-refractivity contribution in [2.24, 2.45) is 5.92 Å². The molecule has 2 rings (SSSR count). The molecule has 0 aromatic heterocycles. The van der Waals surface area contributed by atoms with Crippen LogP contribution in [0.15, 0.2) is 36.4 Å². The largest absolute Gasteiger partial charge is 0.496 e. The van der Waals surface area contributed by atoms with E-state index in [9.17, 15) is 14.4 Å². The summed E-state index contributed by atoms with van der Waals surface area (Å²) in [6, 6.07) is 9.10. The summed E-state index contributed by atoms with van der Waals surface area (Å²) in [6.07, 6.45) is 0.412. The minimum atomic E-state index is -0.755. The van der Waals surface area contributed by atoms with Crippen molar-refractivity contribution in [3.05, 3.63) is 52.5 Å². The van der Waals surface area contributed by atoms with Crippen LogP contribution in [0, 0.1) is 5.92 Å². The van der Waals surface area contributed by atoms with Crippen LogP contribution < -0.4 is 15.8 Å². The van der Waals surface area contributed by atoms with Crippen LogP contribution in [0.1, 0.15) is 41.0 Å². The van der Waals surface area contributed by atoms with Crippen LogP contribution in [0.3, 0.4) is 0 Å². The SMILES string of the molecule is COc1cc(N)c(Cl)cc1C(=O)OCC(=O)c1ccc(NC(=O)CC(C)C)cc1. The number of Topliss-reactive ketones (excluding diaryl/α,β-unsaturated/α-hetero) is 1. The standard InChI is InChI=1S/C21H23ClN2O5/c1-12(2)8-20(26)24-14-6-4-13(5-7-14)18(25)11-29-21(27)15-9-16(22)17(23)10-19(15)28-3/h4-7,9-10,12H,8,11,23H2,1-3H3,(H,24,26). The zero-order chi connectivity index (χ0) is 21.6. The van der Waals surface area contributed by atoms with E-state index in [2.05, 4.69) is 5.32 Å². The normalized spacial score (nSPS) is 10.5. The lowest BCUT2D eigenvalue weighted by molar-refractivity contribution is -0.116. The smallest absolute Gasteiger partial charge is 0.342 e. The molecule has 154 valence electrons. The second-order valence-electron chi connectivity index (χ2n) is 6.80. The maximum absolute atomic E-state index is 12.3. The molecule has 0 heterocycles. The van der Waals surface area contributed by atoms with E-state index in [1.807, 2.05) is 13.8 Å². The van der Waals surface area contributed by atoms with Crippen LogP contribution in [-0.2, 0) is 9.53 Å². The molecule has 8 heteroatoms. The zero-order valence-electron chi connectivity index (χ0n) is 16.5. The molecule has 2 aromatic carbocycles. The molecule has 3 N–H and O–H groups in total. The lowest BCUT2D eigenvalue weighted by atomic mass is 10.1. The molecular formula is C21H23ClN2O5. The molecule has 1 amide bonds. The first-order valence-corrected chi connectivity index (χ1v) is 9.32. The maximum Gasteiger partial charge on any atom is 0.342 e. The average molecular weight is 419 g/mol. The van der Waals surface area contributed by atoms with Crippen molar-refractivity contribution >= 4 is 40.6 Å². The zero-order valence-corrected chi connectivity index (χ0v) is 17.2. The highest BCUT2D eigenvalue weighted by Crippen LogP contribution is 2.29. The molecule has 0 unspecified atom stereocenters. The number of hydrogen-bond acceptors (Lipinski definition) is 6. The van der Waals surface area contributed by atoms with Crippen molar-refractivity contribution in [1.29, 1.82) is 0 Å². The van der Waals surface area contributed by atoms with Crippen LogP contribution in [0.4, 0.5) is 11.4 Å². The summed E-state index contributed by atoms with van der Waals surface area (Å²) in [4.78, 5) is 36.4. The lowest BCUT2D eigenvalue weighted by Gasteiger charge is -2.11. The number of nitrogen functional groups attached to an aromatic ring is 1. The van der Waals surface area contributed by atoms with Gasteiger partial charge in [-0.05, 0) is 36.2 Å². The van der Waals surface area contributed by atoms with Crippen molar-refractivity contribution in [3.8, 4) is 5.75 Å². The van der Waals surface area contributed by atoms with Gasteiger partial charge in [0.25, 0.3) is 0 Å². The first-order chi connectivity index (χ1) is 13.7. The topological polar surface area (TPSA) is 108 Å². The van der Waals surface area contributed by atoms with Crippen LogP contribution in [-0.4, -0.2) is 31.4 Å². The number of ketones is 1. The Hall–Kier alpha value is -3.06. The van der Waals surface area contributed by atoms with Gasteiger partial charge in [-0.1, -0.05) is 25.4 Å². The molecule has 0 spiro atoms. The number of hydrogen-bond donors (Lipinski definition) is 2. The number of benzene rings is 2. The van der Waals surface area contributed by atoms with E-state index >= 15 is 0 Å². The van der Waals surface area contributed by atoms with Gasteiger partial charge in [-0.15, -0.1) is 0 Å². The predicted molar refractivity (Wildman–Crippen MR) is 112 cm³/mol. The fraction of sp³-hybridized carbons (Fsp3) is 0.286. The van der Waals surface area contributed by atoms with E-state index in [0.717, 1.165) is 0 Å². The monoisotopic (exact) mass is 418 g/mol. The summed E-state index contributed by atoms with van der Waals surface area (Å²) in [5.41, 5.74) is 6.96. The second kappa shape index (κ2) is 9.93. The molecule has 0 saturated carbocycles. The highest BCUT2D eigenvalue weighted by molar-refractivity contribution is 6.33. The van der Waals surface area contributed by atoms with E-state index in [4.69, 9.17) is 26.8 Å². The molecule has 29 heavy (non-hydrogen) atoms. The Bertz CT molecular complexity index is 910. The predicted octanol–water partition coefficient (Wildman–Crippen LogP) is 3.96. The number of amides is 1. The van der Waals surface area contributed by atoms with Crippen molar-refractivity contribution in [3.63, 3.8) is 0 Å². The number of halogens is 1. The van der Waals surface area contributed by atoms with Gasteiger partial charge < -0.3 is 20.5 Å². The number of anilines is 2. The number of esters is 1. The van der Waals surface area contributed by atoms with E-state index in [0.29, 0.717) is 17.7 Å². The third kappa shape index (κ3) is 6.22. The molecular weight excluding hydrogens is 396 g/mol. The van der Waals surface area contributed by atoms with Gasteiger partial charge in [0, 0.05) is 23.7 Å². The summed E-state index contributed by atoms with van der Waals surface area (Å²) >= 11 is 5.94. The highest BCUT2D eigenvalue weighted by Gasteiger charge is 2.18. The number of carbonyl (C=O) groups excluding carboxylic acids is 3.